The molecule has 2 heterocycles. The van der Waals surface area contributed by atoms with E-state index in [1.54, 1.807) is 0 Å². The van der Waals surface area contributed by atoms with Crippen LogP contribution >= 0.6 is 0 Å². The third kappa shape index (κ3) is 5.18. The number of hydrogen-bond acceptors (Lipinski definition) is 5. The van der Waals surface area contributed by atoms with Crippen molar-refractivity contribution in [3.63, 3.8) is 0 Å². The Hall–Kier alpha value is -1.14. The first-order valence-electron chi connectivity index (χ1n) is 8.95. The molecular weight excluding hydrogens is 296 g/mol. The minimum atomic E-state index is -0.174. The summed E-state index contributed by atoms with van der Waals surface area (Å²) in [6.45, 7) is 5.04. The van der Waals surface area contributed by atoms with Crippen LogP contribution in [0.4, 0.5) is 0 Å². The molecule has 132 valence electrons. The molecule has 0 saturated carbocycles. The number of aliphatic hydroxyl groups is 1. The Kier molecular flexibility index (Phi) is 7.30. The second kappa shape index (κ2) is 9.23. The zero-order chi connectivity index (χ0) is 16.7. The molecular formula is C17H30N2O4. The van der Waals surface area contributed by atoms with Crippen molar-refractivity contribution in [2.24, 2.45) is 5.92 Å². The smallest absolute Gasteiger partial charge is 0.310 e. The lowest BCUT2D eigenvalue weighted by Crippen LogP contribution is -2.47. The van der Waals surface area contributed by atoms with Crippen LogP contribution < -0.4 is 0 Å². The van der Waals surface area contributed by atoms with E-state index in [1.807, 2.05) is 11.8 Å². The SMILES string of the molecule is CCOC(=O)[C@H]1CCCN(C(=O)CN2CCC[C@@H]2CCCO)C1. The molecule has 2 atom stereocenters. The van der Waals surface area contributed by atoms with Crippen molar-refractivity contribution in [1.82, 2.24) is 9.80 Å². The molecule has 0 spiro atoms. The van der Waals surface area contributed by atoms with Gasteiger partial charge in [0.2, 0.25) is 5.91 Å². The van der Waals surface area contributed by atoms with Crippen molar-refractivity contribution in [3.05, 3.63) is 0 Å². The number of piperidine rings is 1. The first-order chi connectivity index (χ1) is 11.2. The van der Waals surface area contributed by atoms with E-state index >= 15 is 0 Å². The minimum absolute atomic E-state index is 0.120. The van der Waals surface area contributed by atoms with E-state index in [9.17, 15) is 9.59 Å². The Balaban J connectivity index is 1.83. The quantitative estimate of drug-likeness (QED) is 0.708. The molecule has 23 heavy (non-hydrogen) atoms. The second-order valence-electron chi connectivity index (χ2n) is 6.56. The van der Waals surface area contributed by atoms with E-state index in [2.05, 4.69) is 4.90 Å². The second-order valence-corrected chi connectivity index (χ2v) is 6.56. The molecule has 0 aromatic rings. The molecule has 6 heteroatoms. The lowest BCUT2D eigenvalue weighted by Gasteiger charge is -2.33. The van der Waals surface area contributed by atoms with Gasteiger partial charge in [-0.25, -0.2) is 0 Å². The summed E-state index contributed by atoms with van der Waals surface area (Å²) >= 11 is 0. The molecule has 0 aromatic carbocycles. The van der Waals surface area contributed by atoms with Crippen molar-refractivity contribution >= 4 is 11.9 Å². The van der Waals surface area contributed by atoms with Crippen molar-refractivity contribution in [2.75, 3.05) is 39.4 Å². The average molecular weight is 326 g/mol. The summed E-state index contributed by atoms with van der Waals surface area (Å²) in [6, 6.07) is 0.414. The highest BCUT2D eigenvalue weighted by atomic mass is 16.5. The number of likely N-dealkylation sites (tertiary alicyclic amines) is 2. The van der Waals surface area contributed by atoms with Gasteiger partial charge in [0.1, 0.15) is 0 Å². The van der Waals surface area contributed by atoms with E-state index in [4.69, 9.17) is 9.84 Å². The van der Waals surface area contributed by atoms with Gasteiger partial charge in [-0.15, -0.1) is 0 Å². The number of esters is 1. The monoisotopic (exact) mass is 326 g/mol. The van der Waals surface area contributed by atoms with E-state index < -0.39 is 0 Å². The maximum Gasteiger partial charge on any atom is 0.310 e. The number of nitrogens with zero attached hydrogens (tertiary/aromatic N) is 2. The van der Waals surface area contributed by atoms with Crippen LogP contribution in [0.1, 0.15) is 45.4 Å². The van der Waals surface area contributed by atoms with Crippen LogP contribution in [-0.4, -0.2) is 72.2 Å². The predicted molar refractivity (Wildman–Crippen MR) is 86.9 cm³/mol. The number of carbonyl (C=O) groups is 2. The first kappa shape index (κ1) is 18.2. The summed E-state index contributed by atoms with van der Waals surface area (Å²) in [6.07, 6.45) is 5.65. The van der Waals surface area contributed by atoms with Crippen LogP contribution in [-0.2, 0) is 14.3 Å². The van der Waals surface area contributed by atoms with Gasteiger partial charge in [-0.05, 0) is 52.0 Å². The summed E-state index contributed by atoms with van der Waals surface area (Å²) in [5.74, 6) is -0.224. The van der Waals surface area contributed by atoms with Crippen molar-refractivity contribution < 1.29 is 19.4 Å². The van der Waals surface area contributed by atoms with Gasteiger partial charge in [0.05, 0.1) is 19.1 Å². The highest BCUT2D eigenvalue weighted by Gasteiger charge is 2.32. The lowest BCUT2D eigenvalue weighted by molar-refractivity contribution is -0.151. The molecule has 2 rings (SSSR count). The fourth-order valence-electron chi connectivity index (χ4n) is 3.69. The van der Waals surface area contributed by atoms with Gasteiger partial charge in [-0.2, -0.15) is 0 Å². The van der Waals surface area contributed by atoms with Gasteiger partial charge < -0.3 is 14.7 Å². The molecule has 1 N–H and O–H groups in total. The molecule has 1 amide bonds. The molecule has 6 nitrogen and oxygen atoms in total. The molecule has 0 aromatic heterocycles. The Morgan fingerprint density at radius 2 is 2.00 bits per heavy atom. The van der Waals surface area contributed by atoms with Crippen LogP contribution in [0.2, 0.25) is 0 Å². The molecule has 0 radical (unpaired) electrons. The highest BCUT2D eigenvalue weighted by molar-refractivity contribution is 5.80. The standard InChI is InChI=1S/C17H30N2O4/c1-2-23-17(22)14-6-3-10-19(12-14)16(21)13-18-9-4-7-15(18)8-5-11-20/h14-15,20H,2-13H2,1H3/t14-,15+/m0/s1. The van der Waals surface area contributed by atoms with Crippen molar-refractivity contribution in [1.29, 1.82) is 0 Å². The largest absolute Gasteiger partial charge is 0.466 e. The topological polar surface area (TPSA) is 70.1 Å². The molecule has 0 unspecified atom stereocenters. The van der Waals surface area contributed by atoms with Crippen LogP contribution in [0.15, 0.2) is 0 Å². The van der Waals surface area contributed by atoms with Crippen molar-refractivity contribution in [3.8, 4) is 0 Å². The molecule has 2 aliphatic heterocycles. The lowest BCUT2D eigenvalue weighted by atomic mass is 9.98. The van der Waals surface area contributed by atoms with Crippen LogP contribution in [0.5, 0.6) is 0 Å². The van der Waals surface area contributed by atoms with Gasteiger partial charge in [0.15, 0.2) is 0 Å². The Labute approximate surface area is 138 Å². The number of carbonyl (C=O) groups excluding carboxylic acids is 2. The van der Waals surface area contributed by atoms with Crippen LogP contribution in [0, 0.1) is 5.92 Å². The number of amides is 1. The molecule has 0 aliphatic carbocycles. The van der Waals surface area contributed by atoms with Gasteiger partial charge in [0.25, 0.3) is 0 Å². The molecule has 2 aliphatic rings. The van der Waals surface area contributed by atoms with Gasteiger partial charge in [-0.3, -0.25) is 14.5 Å². The third-order valence-electron chi connectivity index (χ3n) is 4.93. The fourth-order valence-corrected chi connectivity index (χ4v) is 3.69. The summed E-state index contributed by atoms with van der Waals surface area (Å²) in [5.41, 5.74) is 0. The zero-order valence-corrected chi connectivity index (χ0v) is 14.2. The number of hydrogen-bond donors (Lipinski definition) is 1. The highest BCUT2D eigenvalue weighted by Crippen LogP contribution is 2.23. The van der Waals surface area contributed by atoms with Crippen LogP contribution in [0.25, 0.3) is 0 Å². The van der Waals surface area contributed by atoms with Crippen LogP contribution in [0.3, 0.4) is 0 Å². The van der Waals surface area contributed by atoms with E-state index in [0.29, 0.717) is 25.7 Å². The normalized spacial score (nSPS) is 25.6. The van der Waals surface area contributed by atoms with Gasteiger partial charge in [0, 0.05) is 25.7 Å². The van der Waals surface area contributed by atoms with E-state index in [0.717, 1.165) is 51.6 Å². The summed E-state index contributed by atoms with van der Waals surface area (Å²) in [7, 11) is 0. The number of aliphatic hydroxyl groups excluding tert-OH is 1. The maximum atomic E-state index is 12.6. The summed E-state index contributed by atoms with van der Waals surface area (Å²) in [5, 5.41) is 8.99. The third-order valence-corrected chi connectivity index (χ3v) is 4.93. The summed E-state index contributed by atoms with van der Waals surface area (Å²) in [4.78, 5) is 28.5. The Morgan fingerprint density at radius 1 is 1.22 bits per heavy atom. The van der Waals surface area contributed by atoms with E-state index in [-0.39, 0.29) is 24.4 Å². The minimum Gasteiger partial charge on any atom is -0.466 e. The average Bonchev–Trinajstić information content (AvgIpc) is 3.00. The summed E-state index contributed by atoms with van der Waals surface area (Å²) < 4.78 is 5.09. The fraction of sp³-hybridized carbons (Fsp3) is 0.882. The predicted octanol–water partition coefficient (Wildman–Crippen LogP) is 1.03. The van der Waals surface area contributed by atoms with Gasteiger partial charge >= 0.3 is 5.97 Å². The molecule has 0 bridgehead atoms. The zero-order valence-electron chi connectivity index (χ0n) is 14.2. The molecule has 2 fully saturated rings. The van der Waals surface area contributed by atoms with Crippen molar-refractivity contribution in [2.45, 2.75) is 51.5 Å². The number of rotatable bonds is 7. The Morgan fingerprint density at radius 3 is 2.74 bits per heavy atom. The first-order valence-corrected chi connectivity index (χ1v) is 8.95. The maximum absolute atomic E-state index is 12.6. The number of ether oxygens (including phenoxy) is 1. The Bertz CT molecular complexity index is 402. The van der Waals surface area contributed by atoms with E-state index in [1.165, 1.54) is 0 Å². The molecule has 2 saturated heterocycles. The van der Waals surface area contributed by atoms with Gasteiger partial charge in [-0.1, -0.05) is 0 Å².